The number of pyridine rings is 1. The summed E-state index contributed by atoms with van der Waals surface area (Å²) in [6.07, 6.45) is 2.91. The third-order valence-corrected chi connectivity index (χ3v) is 4.87. The second kappa shape index (κ2) is 7.88. The largest absolute Gasteiger partial charge is 0.372 e. The van der Waals surface area contributed by atoms with Gasteiger partial charge < -0.3 is 15.0 Å². The van der Waals surface area contributed by atoms with Crippen LogP contribution in [0.1, 0.15) is 41.7 Å². The van der Waals surface area contributed by atoms with Gasteiger partial charge in [0.25, 0.3) is 5.91 Å². The summed E-state index contributed by atoms with van der Waals surface area (Å²) in [4.78, 5) is 19.6. The first-order chi connectivity index (χ1) is 12.1. The Morgan fingerprint density at radius 1 is 1.36 bits per heavy atom. The van der Waals surface area contributed by atoms with E-state index in [2.05, 4.69) is 38.6 Å². The van der Waals surface area contributed by atoms with Crippen molar-refractivity contribution in [2.75, 3.05) is 18.0 Å². The molecule has 2 unspecified atom stereocenters. The van der Waals surface area contributed by atoms with E-state index in [4.69, 9.17) is 4.74 Å². The van der Waals surface area contributed by atoms with Crippen molar-refractivity contribution in [3.8, 4) is 0 Å². The molecule has 1 amide bonds. The van der Waals surface area contributed by atoms with Crippen LogP contribution < -0.4 is 10.2 Å². The number of hydrogen-bond acceptors (Lipinski definition) is 7. The van der Waals surface area contributed by atoms with Crippen molar-refractivity contribution in [2.45, 2.75) is 45.9 Å². The van der Waals surface area contributed by atoms with Crippen molar-refractivity contribution in [3.63, 3.8) is 0 Å². The summed E-state index contributed by atoms with van der Waals surface area (Å²) in [5.41, 5.74) is 1.70. The van der Waals surface area contributed by atoms with Gasteiger partial charge in [0, 0.05) is 25.8 Å². The van der Waals surface area contributed by atoms with Gasteiger partial charge in [-0.3, -0.25) is 4.79 Å². The topological polar surface area (TPSA) is 80.2 Å². The Morgan fingerprint density at radius 3 is 2.76 bits per heavy atom. The van der Waals surface area contributed by atoms with E-state index in [9.17, 15) is 4.79 Å². The first-order valence-corrected chi connectivity index (χ1v) is 9.29. The predicted octanol–water partition coefficient (Wildman–Crippen LogP) is 2.04. The number of morpholine rings is 1. The van der Waals surface area contributed by atoms with E-state index in [1.165, 1.54) is 0 Å². The quantitative estimate of drug-likeness (QED) is 0.878. The summed E-state index contributed by atoms with van der Waals surface area (Å²) in [5.74, 6) is 0.809. The zero-order valence-corrected chi connectivity index (χ0v) is 15.5. The Morgan fingerprint density at radius 2 is 2.12 bits per heavy atom. The molecule has 134 valence electrons. The van der Waals surface area contributed by atoms with Crippen LogP contribution in [0.5, 0.6) is 0 Å². The highest BCUT2D eigenvalue weighted by Gasteiger charge is 2.23. The zero-order chi connectivity index (χ0) is 17.8. The molecule has 0 aromatic carbocycles. The molecule has 1 N–H and O–H groups in total. The lowest BCUT2D eigenvalue weighted by atomic mass is 10.2. The van der Waals surface area contributed by atoms with Gasteiger partial charge in [0.15, 0.2) is 0 Å². The van der Waals surface area contributed by atoms with Crippen LogP contribution in [0.15, 0.2) is 18.3 Å². The van der Waals surface area contributed by atoms with Gasteiger partial charge in [-0.2, -0.15) is 0 Å². The number of aromatic nitrogens is 3. The normalized spacial score (nSPS) is 20.5. The van der Waals surface area contributed by atoms with E-state index in [0.717, 1.165) is 41.7 Å². The molecule has 1 aliphatic rings. The molecule has 3 heterocycles. The number of ether oxygens (including phenoxy) is 1. The number of carbonyl (C=O) groups excluding carboxylic acids is 1. The van der Waals surface area contributed by atoms with Gasteiger partial charge in [-0.05, 0) is 43.4 Å². The van der Waals surface area contributed by atoms with Crippen LogP contribution in [-0.4, -0.2) is 45.8 Å². The smallest absolute Gasteiger partial charge is 0.265 e. The summed E-state index contributed by atoms with van der Waals surface area (Å²) >= 11 is 1.13. The fourth-order valence-electron chi connectivity index (χ4n) is 2.95. The van der Waals surface area contributed by atoms with Gasteiger partial charge >= 0.3 is 0 Å². The Bertz CT molecular complexity index is 708. The van der Waals surface area contributed by atoms with Crippen LogP contribution in [0.4, 0.5) is 5.82 Å². The Hall–Kier alpha value is -2.06. The maximum atomic E-state index is 12.2. The van der Waals surface area contributed by atoms with Crippen molar-refractivity contribution < 1.29 is 9.53 Å². The molecule has 1 saturated heterocycles. The van der Waals surface area contributed by atoms with Gasteiger partial charge in [-0.25, -0.2) is 4.98 Å². The van der Waals surface area contributed by atoms with Crippen molar-refractivity contribution in [2.24, 2.45) is 0 Å². The van der Waals surface area contributed by atoms with Crippen LogP contribution in [0.25, 0.3) is 0 Å². The van der Waals surface area contributed by atoms with Gasteiger partial charge in [0.2, 0.25) is 0 Å². The van der Waals surface area contributed by atoms with Crippen molar-refractivity contribution in [3.05, 3.63) is 34.5 Å². The van der Waals surface area contributed by atoms with Crippen LogP contribution in [0.2, 0.25) is 0 Å². The van der Waals surface area contributed by atoms with Crippen molar-refractivity contribution in [1.29, 1.82) is 0 Å². The minimum absolute atomic E-state index is 0.133. The standard InChI is InChI=1S/C17H23N5O2S/c1-4-14-16(25-21-20-14)17(23)19-8-13-5-6-15(18-7-13)22-9-11(2)24-12(3)10-22/h5-7,11-12H,4,8-10H2,1-3H3,(H,19,23). The molecule has 2 aromatic rings. The van der Waals surface area contributed by atoms with E-state index >= 15 is 0 Å². The third kappa shape index (κ3) is 4.32. The molecule has 2 atom stereocenters. The Kier molecular flexibility index (Phi) is 5.60. The average Bonchev–Trinajstić information content (AvgIpc) is 3.08. The monoisotopic (exact) mass is 361 g/mol. The van der Waals surface area contributed by atoms with Crippen LogP contribution in [-0.2, 0) is 17.7 Å². The molecule has 0 bridgehead atoms. The molecule has 3 rings (SSSR count). The lowest BCUT2D eigenvalue weighted by Gasteiger charge is -2.36. The van der Waals surface area contributed by atoms with Crippen LogP contribution in [0.3, 0.4) is 0 Å². The predicted molar refractivity (Wildman–Crippen MR) is 96.9 cm³/mol. The number of nitrogens with zero attached hydrogens (tertiary/aromatic N) is 4. The minimum atomic E-state index is -0.133. The molecule has 25 heavy (non-hydrogen) atoms. The summed E-state index contributed by atoms with van der Waals surface area (Å²) < 4.78 is 9.60. The fourth-order valence-corrected chi connectivity index (χ4v) is 3.61. The van der Waals surface area contributed by atoms with Gasteiger partial charge in [-0.15, -0.1) is 5.10 Å². The molecule has 1 aliphatic heterocycles. The molecule has 0 spiro atoms. The van der Waals surface area contributed by atoms with Crippen molar-refractivity contribution >= 4 is 23.3 Å². The van der Waals surface area contributed by atoms with Crippen LogP contribution in [0, 0.1) is 0 Å². The summed E-state index contributed by atoms with van der Waals surface area (Å²) in [5, 5.41) is 6.87. The van der Waals surface area contributed by atoms with Crippen molar-refractivity contribution in [1.82, 2.24) is 19.9 Å². The molecule has 2 aromatic heterocycles. The summed E-state index contributed by atoms with van der Waals surface area (Å²) in [6.45, 7) is 8.22. The molecule has 8 heteroatoms. The second-order valence-corrected chi connectivity index (χ2v) is 7.03. The minimum Gasteiger partial charge on any atom is -0.372 e. The van der Waals surface area contributed by atoms with Gasteiger partial charge in [0.05, 0.1) is 17.9 Å². The first kappa shape index (κ1) is 17.8. The number of hydrogen-bond donors (Lipinski definition) is 1. The zero-order valence-electron chi connectivity index (χ0n) is 14.7. The van der Waals surface area contributed by atoms with Gasteiger partial charge in [-0.1, -0.05) is 17.5 Å². The maximum absolute atomic E-state index is 12.2. The molecule has 0 saturated carbocycles. The van der Waals surface area contributed by atoms with Crippen LogP contribution >= 0.6 is 11.5 Å². The van der Waals surface area contributed by atoms with E-state index in [1.807, 2.05) is 25.3 Å². The second-order valence-electron chi connectivity index (χ2n) is 6.27. The number of aryl methyl sites for hydroxylation is 1. The molecular weight excluding hydrogens is 338 g/mol. The molecule has 7 nitrogen and oxygen atoms in total. The Labute approximate surface area is 151 Å². The molecule has 1 fully saturated rings. The highest BCUT2D eigenvalue weighted by molar-refractivity contribution is 7.08. The molecule has 0 radical (unpaired) electrons. The Balaban J connectivity index is 1.58. The van der Waals surface area contributed by atoms with E-state index < -0.39 is 0 Å². The highest BCUT2D eigenvalue weighted by atomic mass is 32.1. The third-order valence-electron chi connectivity index (χ3n) is 4.10. The SMILES string of the molecule is CCc1nnsc1C(=O)NCc1ccc(N2CC(C)OC(C)C2)nc1. The maximum Gasteiger partial charge on any atom is 0.265 e. The van der Waals surface area contributed by atoms with E-state index in [0.29, 0.717) is 17.8 Å². The fraction of sp³-hybridized carbons (Fsp3) is 0.529. The van der Waals surface area contributed by atoms with Gasteiger partial charge in [0.1, 0.15) is 10.7 Å². The van der Waals surface area contributed by atoms with E-state index in [1.54, 1.807) is 0 Å². The first-order valence-electron chi connectivity index (χ1n) is 8.51. The molecule has 0 aliphatic carbocycles. The number of amides is 1. The number of nitrogens with one attached hydrogen (secondary N) is 1. The number of carbonyl (C=O) groups is 1. The molecular formula is C17H23N5O2S. The summed E-state index contributed by atoms with van der Waals surface area (Å²) in [7, 11) is 0. The summed E-state index contributed by atoms with van der Waals surface area (Å²) in [6, 6.07) is 4.00. The number of rotatable bonds is 5. The lowest BCUT2D eigenvalue weighted by molar-refractivity contribution is -0.00546. The highest BCUT2D eigenvalue weighted by Crippen LogP contribution is 2.18. The lowest BCUT2D eigenvalue weighted by Crippen LogP contribution is -2.45. The average molecular weight is 361 g/mol. The van der Waals surface area contributed by atoms with E-state index in [-0.39, 0.29) is 18.1 Å². The number of anilines is 1.